The third kappa shape index (κ3) is 5.97. The van der Waals surface area contributed by atoms with Gasteiger partial charge in [0.25, 0.3) is 11.7 Å². The topological polar surface area (TPSA) is 96.3 Å². The summed E-state index contributed by atoms with van der Waals surface area (Å²) in [6.07, 6.45) is 0. The number of phenolic OH excluding ortho intramolecular Hbond substituents is 1. The van der Waals surface area contributed by atoms with Crippen molar-refractivity contribution in [1.29, 1.82) is 0 Å². The molecule has 0 bridgehead atoms. The van der Waals surface area contributed by atoms with E-state index in [0.29, 0.717) is 35.8 Å². The number of hydrogen-bond acceptors (Lipinski definition) is 6. The monoisotopic (exact) mass is 577 g/mol. The van der Waals surface area contributed by atoms with E-state index in [-0.39, 0.29) is 28.7 Å². The van der Waals surface area contributed by atoms with Gasteiger partial charge >= 0.3 is 0 Å². The third-order valence-electron chi connectivity index (χ3n) is 7.57. The second-order valence-electron chi connectivity index (χ2n) is 10.8. The maximum atomic E-state index is 13.6. The molecule has 1 atom stereocenters. The first-order valence-electron chi connectivity index (χ1n) is 14.3. The zero-order chi connectivity index (χ0) is 30.7. The lowest BCUT2D eigenvalue weighted by Gasteiger charge is -2.26. The van der Waals surface area contributed by atoms with E-state index in [1.165, 1.54) is 11.0 Å². The molecule has 1 aliphatic heterocycles. The molecule has 1 unspecified atom stereocenters. The molecular weight excluding hydrogens is 542 g/mol. The quantitative estimate of drug-likeness (QED) is 0.122. The number of hydrogen-bond donors (Lipinski definition) is 2. The number of carbonyl (C=O) groups excluding carboxylic acids is 2. The molecule has 220 valence electrons. The number of carbonyl (C=O) groups is 2. The molecule has 7 nitrogen and oxygen atoms in total. The Balaban J connectivity index is 1.59. The average Bonchev–Trinajstić information content (AvgIpc) is 3.27. The van der Waals surface area contributed by atoms with E-state index in [1.54, 1.807) is 49.4 Å². The maximum absolute atomic E-state index is 13.6. The molecule has 1 saturated heterocycles. The molecule has 1 fully saturated rings. The molecule has 0 spiro atoms. The van der Waals surface area contributed by atoms with E-state index in [4.69, 9.17) is 9.47 Å². The van der Waals surface area contributed by atoms with Crippen molar-refractivity contribution >= 4 is 23.1 Å². The first-order chi connectivity index (χ1) is 20.7. The summed E-state index contributed by atoms with van der Waals surface area (Å²) in [7, 11) is 0. The zero-order valence-electron chi connectivity index (χ0n) is 24.7. The molecule has 0 aliphatic carbocycles. The number of amides is 1. The van der Waals surface area contributed by atoms with Crippen LogP contribution in [0.25, 0.3) is 5.76 Å². The number of benzene rings is 4. The number of anilines is 1. The minimum absolute atomic E-state index is 0.0524. The maximum Gasteiger partial charge on any atom is 0.300 e. The Hall–Kier alpha value is -5.04. The number of Topliss-reactive ketones (excluding diaryl/α,β-unsaturated/α-hetero) is 1. The Bertz CT molecular complexity index is 1670. The number of phenols is 1. The van der Waals surface area contributed by atoms with Gasteiger partial charge in [-0.05, 0) is 84.5 Å². The van der Waals surface area contributed by atoms with Gasteiger partial charge < -0.3 is 19.7 Å². The zero-order valence-corrected chi connectivity index (χ0v) is 24.7. The van der Waals surface area contributed by atoms with Crippen LogP contribution in [0.15, 0.2) is 96.6 Å². The van der Waals surface area contributed by atoms with E-state index in [1.807, 2.05) is 49.4 Å². The molecule has 43 heavy (non-hydrogen) atoms. The van der Waals surface area contributed by atoms with E-state index >= 15 is 0 Å². The summed E-state index contributed by atoms with van der Waals surface area (Å²) in [5.41, 5.74) is 4.23. The predicted octanol–water partition coefficient (Wildman–Crippen LogP) is 7.43. The normalized spacial score (nSPS) is 16.1. The summed E-state index contributed by atoms with van der Waals surface area (Å²) in [4.78, 5) is 28.6. The smallest absolute Gasteiger partial charge is 0.300 e. The first-order valence-corrected chi connectivity index (χ1v) is 14.3. The molecule has 1 aliphatic rings. The minimum Gasteiger partial charge on any atom is -0.507 e. The fourth-order valence-electron chi connectivity index (χ4n) is 5.26. The lowest BCUT2D eigenvalue weighted by Crippen LogP contribution is -2.29. The number of rotatable bonds is 9. The van der Waals surface area contributed by atoms with Crippen LogP contribution in [0.3, 0.4) is 0 Å². The van der Waals surface area contributed by atoms with Crippen molar-refractivity contribution in [3.8, 4) is 17.2 Å². The van der Waals surface area contributed by atoms with Crippen molar-refractivity contribution in [3.63, 3.8) is 0 Å². The highest BCUT2D eigenvalue weighted by molar-refractivity contribution is 6.51. The lowest BCUT2D eigenvalue weighted by molar-refractivity contribution is -0.132. The molecule has 4 aromatic rings. The van der Waals surface area contributed by atoms with Gasteiger partial charge in [0.15, 0.2) is 11.5 Å². The largest absolute Gasteiger partial charge is 0.507 e. The molecule has 5 rings (SSSR count). The van der Waals surface area contributed by atoms with E-state index < -0.39 is 17.7 Å². The van der Waals surface area contributed by atoms with Crippen LogP contribution < -0.4 is 14.4 Å². The van der Waals surface area contributed by atoms with E-state index in [9.17, 15) is 19.8 Å². The number of ketones is 1. The van der Waals surface area contributed by atoms with Gasteiger partial charge in [0.05, 0.1) is 18.2 Å². The summed E-state index contributed by atoms with van der Waals surface area (Å²) >= 11 is 0. The third-order valence-corrected chi connectivity index (χ3v) is 7.57. The van der Waals surface area contributed by atoms with Crippen molar-refractivity contribution in [2.24, 2.45) is 0 Å². The van der Waals surface area contributed by atoms with Crippen LogP contribution in [0.2, 0.25) is 0 Å². The van der Waals surface area contributed by atoms with Gasteiger partial charge in [-0.3, -0.25) is 14.5 Å². The molecular formula is C36H35NO6. The van der Waals surface area contributed by atoms with Crippen LogP contribution in [0.1, 0.15) is 60.5 Å². The second-order valence-corrected chi connectivity index (χ2v) is 10.8. The van der Waals surface area contributed by atoms with E-state index in [0.717, 1.165) is 16.7 Å². The summed E-state index contributed by atoms with van der Waals surface area (Å²) in [5, 5.41) is 22.0. The molecule has 4 aromatic carbocycles. The fraction of sp³-hybridized carbons (Fsp3) is 0.222. The average molecular weight is 578 g/mol. The van der Waals surface area contributed by atoms with Crippen molar-refractivity contribution in [3.05, 3.63) is 124 Å². The van der Waals surface area contributed by atoms with Crippen LogP contribution in [-0.2, 0) is 16.2 Å². The van der Waals surface area contributed by atoms with E-state index in [2.05, 4.69) is 13.8 Å². The Labute approximate surface area is 251 Å². The number of aromatic hydroxyl groups is 1. The Morgan fingerprint density at radius 3 is 2.26 bits per heavy atom. The van der Waals surface area contributed by atoms with Gasteiger partial charge in [0.1, 0.15) is 18.1 Å². The number of aliphatic hydroxyl groups excluding tert-OH is 1. The number of ether oxygens (including phenoxy) is 2. The predicted molar refractivity (Wildman–Crippen MR) is 167 cm³/mol. The molecule has 0 radical (unpaired) electrons. The molecule has 1 heterocycles. The van der Waals surface area contributed by atoms with Crippen LogP contribution in [0, 0.1) is 6.92 Å². The Kier molecular flexibility index (Phi) is 8.53. The summed E-state index contributed by atoms with van der Waals surface area (Å²) < 4.78 is 11.6. The molecule has 1 amide bonds. The number of aliphatic hydroxyl groups is 1. The van der Waals surface area contributed by atoms with Gasteiger partial charge in [0.2, 0.25) is 0 Å². The van der Waals surface area contributed by atoms with Crippen LogP contribution in [0.5, 0.6) is 17.2 Å². The molecule has 2 N–H and O–H groups in total. The van der Waals surface area contributed by atoms with Gasteiger partial charge in [-0.1, -0.05) is 62.4 Å². The molecule has 7 heteroatoms. The summed E-state index contributed by atoms with van der Waals surface area (Å²) in [6, 6.07) is 26.1. The van der Waals surface area contributed by atoms with Gasteiger partial charge in [-0.25, -0.2) is 0 Å². The number of aryl methyl sites for hydroxylation is 1. The standard InChI is InChI=1S/C36H35NO6/c1-5-42-31-20-26(13-17-29(31)38)33-32(35(40)36(41)37(33)28-15-11-25(12-16-28)22(2)3)34(39)27-14-18-30(23(4)19-27)43-21-24-9-7-6-8-10-24/h6-20,22,33,38-39H,5,21H2,1-4H3/b34-32-. The number of nitrogens with zero attached hydrogens (tertiary/aromatic N) is 1. The molecule has 0 aromatic heterocycles. The highest BCUT2D eigenvalue weighted by atomic mass is 16.5. The van der Waals surface area contributed by atoms with Gasteiger partial charge in [-0.2, -0.15) is 0 Å². The van der Waals surface area contributed by atoms with Crippen molar-refractivity contribution in [2.75, 3.05) is 11.5 Å². The fourth-order valence-corrected chi connectivity index (χ4v) is 5.26. The Morgan fingerprint density at radius 1 is 0.884 bits per heavy atom. The summed E-state index contributed by atoms with van der Waals surface area (Å²) in [6.45, 7) is 8.50. The van der Waals surface area contributed by atoms with Crippen LogP contribution in [0.4, 0.5) is 5.69 Å². The molecule has 0 saturated carbocycles. The highest BCUT2D eigenvalue weighted by Crippen LogP contribution is 2.44. The van der Waals surface area contributed by atoms with Crippen LogP contribution in [-0.4, -0.2) is 28.5 Å². The Morgan fingerprint density at radius 2 is 1.60 bits per heavy atom. The SMILES string of the molecule is CCOc1cc(C2/C(=C(/O)c3ccc(OCc4ccccc4)c(C)c3)C(=O)C(=O)N2c2ccc(C(C)C)cc2)ccc1O. The van der Waals surface area contributed by atoms with Crippen molar-refractivity contribution in [1.82, 2.24) is 0 Å². The summed E-state index contributed by atoms with van der Waals surface area (Å²) in [5.74, 6) is -0.773. The van der Waals surface area contributed by atoms with Gasteiger partial charge in [-0.15, -0.1) is 0 Å². The highest BCUT2D eigenvalue weighted by Gasteiger charge is 2.47. The second kappa shape index (κ2) is 12.4. The lowest BCUT2D eigenvalue weighted by atomic mass is 9.94. The van der Waals surface area contributed by atoms with Crippen molar-refractivity contribution < 1.29 is 29.3 Å². The van der Waals surface area contributed by atoms with Gasteiger partial charge in [0, 0.05) is 11.3 Å². The van der Waals surface area contributed by atoms with Crippen LogP contribution >= 0.6 is 0 Å². The first kappa shape index (κ1) is 29.5. The van der Waals surface area contributed by atoms with Crippen molar-refractivity contribution in [2.45, 2.75) is 46.3 Å². The minimum atomic E-state index is -0.959.